The van der Waals surface area contributed by atoms with Crippen LogP contribution in [0.3, 0.4) is 0 Å². The third-order valence-corrected chi connectivity index (χ3v) is 6.70. The molecule has 3 heterocycles. The first kappa shape index (κ1) is 24.9. The second kappa shape index (κ2) is 10.3. The van der Waals surface area contributed by atoms with E-state index in [1.807, 2.05) is 23.1 Å². The molecule has 0 aliphatic heterocycles. The smallest absolute Gasteiger partial charge is 0.323 e. The largest absolute Gasteiger partial charge is 0.356 e. The Morgan fingerprint density at radius 1 is 1.08 bits per heavy atom. The molecule has 196 valence electrons. The Morgan fingerprint density at radius 2 is 1.92 bits per heavy atom. The van der Waals surface area contributed by atoms with E-state index in [0.717, 1.165) is 22.8 Å². The number of carbonyl (C=O) groups excluding carboxylic acids is 1. The van der Waals surface area contributed by atoms with Crippen LogP contribution in [0.25, 0.3) is 21.9 Å². The fourth-order valence-electron chi connectivity index (χ4n) is 4.05. The van der Waals surface area contributed by atoms with Crippen LogP contribution in [0.2, 0.25) is 0 Å². The Morgan fingerprint density at radius 3 is 2.74 bits per heavy atom. The van der Waals surface area contributed by atoms with Crippen LogP contribution in [0.5, 0.6) is 0 Å². The predicted octanol–water partition coefficient (Wildman–Crippen LogP) is 2.14. The molecule has 0 radical (unpaired) electrons. The van der Waals surface area contributed by atoms with E-state index in [2.05, 4.69) is 40.3 Å². The molecule has 0 aliphatic rings. The topological polar surface area (TPSA) is 182 Å². The number of H-pyrrole nitrogens is 3. The summed E-state index contributed by atoms with van der Waals surface area (Å²) in [6, 6.07) is 12.7. The quantitative estimate of drug-likeness (QED) is 0.144. The highest BCUT2D eigenvalue weighted by Crippen LogP contribution is 2.31. The van der Waals surface area contributed by atoms with Gasteiger partial charge in [-0.1, -0.05) is 6.07 Å². The maximum atomic E-state index is 11.9. The molecule has 0 bridgehead atoms. The number of hydrogen-bond acceptors (Lipinski definition) is 10. The minimum absolute atomic E-state index is 0.0551. The van der Waals surface area contributed by atoms with Gasteiger partial charge >= 0.3 is 12.2 Å². The predicted molar refractivity (Wildman–Crippen MR) is 141 cm³/mol. The number of nitrogens with one attached hydrogen (secondary N) is 4. The molecule has 4 N–H and O–H groups in total. The Bertz CT molecular complexity index is 1760. The second-order valence-electron chi connectivity index (χ2n) is 8.31. The monoisotopic (exact) mass is 537 g/mol. The average Bonchev–Trinajstić information content (AvgIpc) is 3.51. The van der Waals surface area contributed by atoms with Crippen LogP contribution in [-0.2, 0) is 19.7 Å². The zero-order valence-electron chi connectivity index (χ0n) is 20.1. The van der Waals surface area contributed by atoms with E-state index < -0.39 is 10.0 Å². The van der Waals surface area contributed by atoms with Gasteiger partial charge in [-0.15, -0.1) is 0 Å². The Balaban J connectivity index is 1.45. The molecule has 0 unspecified atom stereocenters. The van der Waals surface area contributed by atoms with Gasteiger partial charge in [-0.3, -0.25) is 9.89 Å². The summed E-state index contributed by atoms with van der Waals surface area (Å²) >= 11 is 0. The van der Waals surface area contributed by atoms with Crippen molar-refractivity contribution in [1.29, 1.82) is 0 Å². The number of anilines is 4. The lowest BCUT2D eigenvalue weighted by Gasteiger charge is -2.26. The van der Waals surface area contributed by atoms with Gasteiger partial charge in [0, 0.05) is 23.8 Å². The van der Waals surface area contributed by atoms with Crippen molar-refractivity contribution in [1.82, 2.24) is 34.6 Å². The lowest BCUT2D eigenvalue weighted by atomic mass is 10.2. The fourth-order valence-corrected chi connectivity index (χ4v) is 4.70. The minimum Gasteiger partial charge on any atom is -0.356 e. The van der Waals surface area contributed by atoms with Crippen LogP contribution in [-0.4, -0.2) is 68.8 Å². The summed E-state index contributed by atoms with van der Waals surface area (Å²) < 4.78 is 24.5. The standard InChI is InChI=1S/C23H23N9O5S/c1-38(35,36)32(37-14-33)11-3-10-31(20-5-2-4-17-16(20)13-25-30-17)21-8-9-24-22(29-21)26-15-6-7-18-19(12-15)28-23(34)27-18/h2,4-9,12-14H,3,10-11H2,1H3,(H,25,30)(H,24,26,29)(H2,27,28,34). The maximum absolute atomic E-state index is 11.9. The number of aromatic amines is 3. The van der Waals surface area contributed by atoms with Gasteiger partial charge in [0.15, 0.2) is 0 Å². The van der Waals surface area contributed by atoms with Crippen LogP contribution in [0, 0.1) is 0 Å². The molecule has 38 heavy (non-hydrogen) atoms. The summed E-state index contributed by atoms with van der Waals surface area (Å²) in [7, 11) is -3.75. The summed E-state index contributed by atoms with van der Waals surface area (Å²) in [6.07, 6.45) is 4.56. The van der Waals surface area contributed by atoms with Gasteiger partial charge in [-0.25, -0.2) is 18.2 Å². The van der Waals surface area contributed by atoms with Crippen LogP contribution in [0.4, 0.5) is 23.1 Å². The second-order valence-corrected chi connectivity index (χ2v) is 10.2. The molecule has 2 aromatic carbocycles. The molecular formula is C23H23N9O5S. The van der Waals surface area contributed by atoms with Gasteiger partial charge in [0.25, 0.3) is 0 Å². The van der Waals surface area contributed by atoms with Crippen LogP contribution >= 0.6 is 0 Å². The molecule has 5 rings (SSSR count). The highest BCUT2D eigenvalue weighted by Gasteiger charge is 2.20. The molecule has 3 aromatic heterocycles. The number of hydroxylamine groups is 1. The van der Waals surface area contributed by atoms with Crippen molar-refractivity contribution in [3.8, 4) is 0 Å². The molecule has 5 aromatic rings. The van der Waals surface area contributed by atoms with Gasteiger partial charge in [0.1, 0.15) is 5.82 Å². The number of hydrogen-bond donors (Lipinski definition) is 4. The number of benzene rings is 2. The molecular weight excluding hydrogens is 514 g/mol. The summed E-state index contributed by atoms with van der Waals surface area (Å²) in [6.45, 7) is 0.347. The van der Waals surface area contributed by atoms with Crippen LogP contribution in [0.1, 0.15) is 6.42 Å². The highest BCUT2D eigenvalue weighted by atomic mass is 32.2. The Kier molecular flexibility index (Phi) is 6.76. The van der Waals surface area contributed by atoms with E-state index in [1.54, 1.807) is 36.7 Å². The SMILES string of the molecule is CS(=O)(=O)N(CCCN(c1ccnc(Nc2ccc3[nH]c(=O)[nH]c3c2)n1)c1cccc2[nH]ncc12)OC=O. The van der Waals surface area contributed by atoms with E-state index >= 15 is 0 Å². The first-order valence-electron chi connectivity index (χ1n) is 11.4. The normalized spacial score (nSPS) is 11.7. The van der Waals surface area contributed by atoms with E-state index in [1.165, 1.54) is 0 Å². The highest BCUT2D eigenvalue weighted by molar-refractivity contribution is 7.88. The third kappa shape index (κ3) is 5.33. The van der Waals surface area contributed by atoms with Gasteiger partial charge in [-0.2, -0.15) is 10.1 Å². The van der Waals surface area contributed by atoms with E-state index in [-0.39, 0.29) is 18.7 Å². The summed E-state index contributed by atoms with van der Waals surface area (Å²) in [4.78, 5) is 43.3. The summed E-state index contributed by atoms with van der Waals surface area (Å²) in [5.41, 5.74) is 3.29. The van der Waals surface area contributed by atoms with Crippen molar-refractivity contribution in [2.45, 2.75) is 6.42 Å². The van der Waals surface area contributed by atoms with E-state index in [9.17, 15) is 18.0 Å². The number of nitrogens with zero attached hydrogens (tertiary/aromatic N) is 5. The van der Waals surface area contributed by atoms with Crippen molar-refractivity contribution < 1.29 is 18.0 Å². The summed E-state index contributed by atoms with van der Waals surface area (Å²) in [5.74, 6) is 0.848. The lowest BCUT2D eigenvalue weighted by Crippen LogP contribution is -2.33. The summed E-state index contributed by atoms with van der Waals surface area (Å²) in [5, 5.41) is 11.1. The molecule has 0 atom stereocenters. The molecule has 15 heteroatoms. The van der Waals surface area contributed by atoms with Crippen LogP contribution in [0.15, 0.2) is 59.7 Å². The zero-order chi connectivity index (χ0) is 26.7. The molecule has 0 spiro atoms. The Hall–Kier alpha value is -4.76. The molecule has 0 fully saturated rings. The van der Waals surface area contributed by atoms with Gasteiger partial charge in [-0.05, 0) is 47.3 Å². The third-order valence-electron chi connectivity index (χ3n) is 5.70. The van der Waals surface area contributed by atoms with E-state index in [4.69, 9.17) is 0 Å². The zero-order valence-corrected chi connectivity index (χ0v) is 20.9. The lowest BCUT2D eigenvalue weighted by molar-refractivity contribution is -0.152. The van der Waals surface area contributed by atoms with Crippen molar-refractivity contribution in [3.63, 3.8) is 0 Å². The van der Waals surface area contributed by atoms with Gasteiger partial charge < -0.3 is 25.0 Å². The van der Waals surface area contributed by atoms with Crippen LogP contribution < -0.4 is 15.9 Å². The first-order chi connectivity index (χ1) is 18.3. The molecule has 14 nitrogen and oxygen atoms in total. The van der Waals surface area contributed by atoms with E-state index in [0.29, 0.717) is 45.9 Å². The number of aromatic nitrogens is 6. The molecule has 0 aliphatic carbocycles. The molecule has 0 saturated heterocycles. The molecule has 0 saturated carbocycles. The fraction of sp³-hybridized carbons (Fsp3) is 0.174. The number of sulfonamides is 1. The van der Waals surface area contributed by atoms with Crippen molar-refractivity contribution >= 4 is 61.6 Å². The number of fused-ring (bicyclic) bond motifs is 2. The average molecular weight is 538 g/mol. The first-order valence-corrected chi connectivity index (χ1v) is 13.3. The number of rotatable bonds is 11. The van der Waals surface area contributed by atoms with Gasteiger partial charge in [0.2, 0.25) is 16.0 Å². The van der Waals surface area contributed by atoms with Crippen molar-refractivity contribution in [2.24, 2.45) is 0 Å². The van der Waals surface area contributed by atoms with Crippen molar-refractivity contribution in [2.75, 3.05) is 29.6 Å². The minimum atomic E-state index is -3.75. The maximum Gasteiger partial charge on any atom is 0.323 e. The molecule has 0 amide bonds. The van der Waals surface area contributed by atoms with Crippen molar-refractivity contribution in [3.05, 3.63) is 65.3 Å². The number of carbonyl (C=O) groups is 1. The van der Waals surface area contributed by atoms with Gasteiger partial charge in [0.05, 0.1) is 41.2 Å². The Labute approximate surface area is 215 Å². The number of imidazole rings is 1.